The van der Waals surface area contributed by atoms with E-state index in [1.807, 2.05) is 67.3 Å². The summed E-state index contributed by atoms with van der Waals surface area (Å²) in [5.41, 5.74) is 1.93. The van der Waals surface area contributed by atoms with E-state index in [-0.39, 0.29) is 23.1 Å². The van der Waals surface area contributed by atoms with Crippen molar-refractivity contribution in [1.82, 2.24) is 14.7 Å². The molecule has 1 unspecified atom stereocenters. The van der Waals surface area contributed by atoms with Gasteiger partial charge in [-0.1, -0.05) is 81.2 Å². The lowest BCUT2D eigenvalue weighted by Crippen LogP contribution is -2.65. The molecule has 0 N–H and O–H groups in total. The van der Waals surface area contributed by atoms with Crippen molar-refractivity contribution in [1.29, 1.82) is 0 Å². The van der Waals surface area contributed by atoms with Crippen LogP contribution in [0.5, 0.6) is 5.75 Å². The van der Waals surface area contributed by atoms with Gasteiger partial charge >= 0.3 is 6.03 Å². The van der Waals surface area contributed by atoms with Crippen molar-refractivity contribution < 1.29 is 9.53 Å². The van der Waals surface area contributed by atoms with Gasteiger partial charge in [-0.2, -0.15) is 0 Å². The number of hydrogen-bond donors (Lipinski definition) is 0. The minimum atomic E-state index is -0.943. The van der Waals surface area contributed by atoms with Crippen LogP contribution in [0, 0.1) is 0 Å². The molecule has 8 heteroatoms. The normalized spacial score (nSPS) is 26.2. The number of benzene rings is 3. The van der Waals surface area contributed by atoms with Gasteiger partial charge in [0.2, 0.25) is 0 Å². The number of amidine groups is 1. The lowest BCUT2D eigenvalue weighted by molar-refractivity contribution is 0.0265. The molecule has 3 heterocycles. The molecule has 2 fully saturated rings. The van der Waals surface area contributed by atoms with Crippen LogP contribution >= 0.6 is 23.2 Å². The Balaban J connectivity index is 1.60. The number of carbonyl (C=O) groups excluding carboxylic acids is 1. The van der Waals surface area contributed by atoms with Crippen molar-refractivity contribution >= 4 is 35.1 Å². The van der Waals surface area contributed by atoms with E-state index >= 15 is 4.79 Å². The second-order valence-electron chi connectivity index (χ2n) is 15.4. The maximum absolute atomic E-state index is 15.5. The Bertz CT molecular complexity index is 1700. The first-order valence-corrected chi connectivity index (χ1v) is 18.2. The third-order valence-corrected chi connectivity index (χ3v) is 11.7. The standard InChI is InChI=1S/C40H50Cl2N4O2/c1-9-40-21-10-22-45(40)24-23-44(26-40)36(47)46-35(33-20-15-30(37(4,5)6)25-34(33)48-27(2)3)43-38(7,28-11-16-31(41)17-12-28)39(46,8)29-13-18-32(42)19-14-29/h11-20,25,27H,9-10,21-24,26H2,1-8H3/t38-,39+,40?/m0/s1. The van der Waals surface area contributed by atoms with Gasteiger partial charge in [0.25, 0.3) is 0 Å². The van der Waals surface area contributed by atoms with Gasteiger partial charge in [-0.05, 0) is 112 Å². The molecule has 6 rings (SSSR count). The van der Waals surface area contributed by atoms with Crippen LogP contribution in [0.25, 0.3) is 0 Å². The molecule has 0 bridgehead atoms. The first-order valence-electron chi connectivity index (χ1n) is 17.4. The van der Waals surface area contributed by atoms with Gasteiger partial charge in [-0.15, -0.1) is 0 Å². The van der Waals surface area contributed by atoms with Gasteiger partial charge in [-0.25, -0.2) is 4.79 Å². The van der Waals surface area contributed by atoms with Gasteiger partial charge in [0, 0.05) is 35.2 Å². The van der Waals surface area contributed by atoms with E-state index in [1.54, 1.807) is 0 Å². The highest BCUT2D eigenvalue weighted by molar-refractivity contribution is 6.30. The molecular weight excluding hydrogens is 639 g/mol. The maximum Gasteiger partial charge on any atom is 0.326 e. The fraction of sp³-hybridized carbons (Fsp3) is 0.500. The van der Waals surface area contributed by atoms with Crippen LogP contribution in [0.3, 0.4) is 0 Å². The van der Waals surface area contributed by atoms with E-state index in [9.17, 15) is 0 Å². The molecule has 48 heavy (non-hydrogen) atoms. The largest absolute Gasteiger partial charge is 0.490 e. The molecule has 3 aromatic rings. The van der Waals surface area contributed by atoms with E-state index < -0.39 is 11.1 Å². The fourth-order valence-electron chi connectivity index (χ4n) is 8.11. The maximum atomic E-state index is 15.5. The average molecular weight is 690 g/mol. The molecule has 6 nitrogen and oxygen atoms in total. The molecule has 2 saturated heterocycles. The zero-order chi connectivity index (χ0) is 34.6. The lowest BCUT2D eigenvalue weighted by Gasteiger charge is -2.50. The molecule has 256 valence electrons. The van der Waals surface area contributed by atoms with Crippen molar-refractivity contribution in [3.63, 3.8) is 0 Å². The van der Waals surface area contributed by atoms with E-state index in [2.05, 4.69) is 69.5 Å². The lowest BCUT2D eigenvalue weighted by atomic mass is 9.71. The van der Waals surface area contributed by atoms with Crippen LogP contribution in [-0.2, 0) is 16.5 Å². The Morgan fingerprint density at radius 2 is 1.54 bits per heavy atom. The predicted octanol–water partition coefficient (Wildman–Crippen LogP) is 9.65. The monoisotopic (exact) mass is 688 g/mol. The number of piperazine rings is 1. The van der Waals surface area contributed by atoms with Gasteiger partial charge in [0.05, 0.1) is 11.7 Å². The van der Waals surface area contributed by atoms with Crippen molar-refractivity contribution in [3.8, 4) is 5.75 Å². The van der Waals surface area contributed by atoms with Crippen LogP contribution in [-0.4, -0.2) is 64.4 Å². The first kappa shape index (κ1) is 34.8. The average Bonchev–Trinajstić information content (AvgIpc) is 3.58. The van der Waals surface area contributed by atoms with Gasteiger partial charge in [0.1, 0.15) is 22.7 Å². The first-order chi connectivity index (χ1) is 22.6. The number of nitrogens with zero attached hydrogens (tertiary/aromatic N) is 4. The summed E-state index contributed by atoms with van der Waals surface area (Å²) in [5.74, 6) is 1.32. The molecule has 0 spiro atoms. The van der Waals surface area contributed by atoms with Crippen molar-refractivity contribution in [2.24, 2.45) is 4.99 Å². The number of amides is 2. The van der Waals surface area contributed by atoms with Crippen LogP contribution < -0.4 is 4.74 Å². The molecule has 0 saturated carbocycles. The SMILES string of the molecule is CCC12CCCN1CCN(C(=O)N1C(c3ccc(C(C)(C)C)cc3OC(C)C)=N[C@@](C)(c3ccc(Cl)cc3)[C@@]1(C)c1ccc(Cl)cc1)C2. The second-order valence-corrected chi connectivity index (χ2v) is 16.3. The zero-order valence-corrected chi connectivity index (χ0v) is 31.3. The van der Waals surface area contributed by atoms with Crippen LogP contribution in [0.1, 0.15) is 96.9 Å². The number of aliphatic imine (C=N–C) groups is 1. The minimum absolute atomic E-state index is 0.00136. The summed E-state index contributed by atoms with van der Waals surface area (Å²) in [4.78, 5) is 27.8. The number of rotatable bonds is 6. The topological polar surface area (TPSA) is 48.4 Å². The molecule has 3 atom stereocenters. The predicted molar refractivity (Wildman–Crippen MR) is 198 cm³/mol. The van der Waals surface area contributed by atoms with E-state index in [4.69, 9.17) is 32.9 Å². The molecule has 0 radical (unpaired) electrons. The molecule has 2 amide bonds. The Morgan fingerprint density at radius 1 is 0.917 bits per heavy atom. The van der Waals surface area contributed by atoms with Crippen LogP contribution in [0.4, 0.5) is 4.79 Å². The highest BCUT2D eigenvalue weighted by atomic mass is 35.5. The second kappa shape index (κ2) is 12.7. The third kappa shape index (κ3) is 5.82. The van der Waals surface area contributed by atoms with Crippen molar-refractivity contribution in [3.05, 3.63) is 99.0 Å². The number of hydrogen-bond acceptors (Lipinski definition) is 4. The number of halogens is 2. The summed E-state index contributed by atoms with van der Waals surface area (Å²) in [5, 5.41) is 1.29. The molecule has 0 aliphatic carbocycles. The Kier molecular flexibility index (Phi) is 9.19. The van der Waals surface area contributed by atoms with Gasteiger partial charge < -0.3 is 9.64 Å². The van der Waals surface area contributed by atoms with Gasteiger partial charge in [0.15, 0.2) is 0 Å². The Morgan fingerprint density at radius 3 is 2.12 bits per heavy atom. The summed E-state index contributed by atoms with van der Waals surface area (Å²) in [6.07, 6.45) is 3.20. The summed E-state index contributed by atoms with van der Waals surface area (Å²) in [7, 11) is 0. The third-order valence-electron chi connectivity index (χ3n) is 11.2. The summed E-state index contributed by atoms with van der Waals surface area (Å²) in [6.45, 7) is 20.5. The molecular formula is C40H50Cl2N4O2. The fourth-order valence-corrected chi connectivity index (χ4v) is 8.36. The quantitative estimate of drug-likeness (QED) is 0.259. The number of fused-ring (bicyclic) bond motifs is 1. The Hall–Kier alpha value is -3.06. The summed E-state index contributed by atoms with van der Waals surface area (Å²) < 4.78 is 6.56. The smallest absolute Gasteiger partial charge is 0.326 e. The summed E-state index contributed by atoms with van der Waals surface area (Å²) in [6, 6.07) is 22.1. The number of carbonyl (C=O) groups is 1. The number of ether oxygens (including phenoxy) is 1. The highest BCUT2D eigenvalue weighted by Crippen LogP contribution is 2.54. The highest BCUT2D eigenvalue weighted by Gasteiger charge is 2.61. The summed E-state index contributed by atoms with van der Waals surface area (Å²) >= 11 is 12.9. The molecule has 0 aromatic heterocycles. The van der Waals surface area contributed by atoms with Crippen molar-refractivity contribution in [2.75, 3.05) is 26.2 Å². The molecule has 3 aromatic carbocycles. The van der Waals surface area contributed by atoms with E-state index in [1.165, 1.54) is 6.42 Å². The van der Waals surface area contributed by atoms with Crippen LogP contribution in [0.15, 0.2) is 71.7 Å². The van der Waals surface area contributed by atoms with E-state index in [0.717, 1.165) is 53.9 Å². The van der Waals surface area contributed by atoms with Gasteiger partial charge in [-0.3, -0.25) is 14.8 Å². The van der Waals surface area contributed by atoms with E-state index in [0.29, 0.717) is 29.0 Å². The minimum Gasteiger partial charge on any atom is -0.490 e. The molecule has 3 aliphatic rings. The Labute approximate surface area is 297 Å². The number of urea groups is 1. The van der Waals surface area contributed by atoms with Crippen LogP contribution in [0.2, 0.25) is 10.0 Å². The van der Waals surface area contributed by atoms with Crippen molar-refractivity contribution in [2.45, 2.75) is 103 Å². The molecule has 3 aliphatic heterocycles. The zero-order valence-electron chi connectivity index (χ0n) is 29.7.